The lowest BCUT2D eigenvalue weighted by atomic mass is 10.3. The quantitative estimate of drug-likeness (QED) is 0.719. The highest BCUT2D eigenvalue weighted by Gasteiger charge is 2.14. The lowest BCUT2D eigenvalue weighted by Crippen LogP contribution is -2.32. The zero-order valence-electron chi connectivity index (χ0n) is 10.4. The zero-order chi connectivity index (χ0) is 13.6. The maximum atomic E-state index is 13.0. The number of halogens is 3. The molecule has 0 amide bonds. The van der Waals surface area contributed by atoms with Gasteiger partial charge in [0.15, 0.2) is 0 Å². The molecule has 0 aliphatic heterocycles. The van der Waals surface area contributed by atoms with E-state index >= 15 is 0 Å². The highest BCUT2D eigenvalue weighted by Crippen LogP contribution is 2.19. The Balaban J connectivity index is 0.00000324. The highest BCUT2D eigenvalue weighted by atomic mass is 79.9. The SMILES string of the molecule is CCCNCCNS(=O)(=O)c1ccc(F)c(Br)c1.Cl. The van der Waals surface area contributed by atoms with Crippen molar-refractivity contribution >= 4 is 38.4 Å². The van der Waals surface area contributed by atoms with Crippen molar-refractivity contribution in [3.05, 3.63) is 28.5 Å². The monoisotopic (exact) mass is 374 g/mol. The summed E-state index contributed by atoms with van der Waals surface area (Å²) >= 11 is 2.96. The lowest BCUT2D eigenvalue weighted by Gasteiger charge is -2.08. The maximum absolute atomic E-state index is 13.0. The maximum Gasteiger partial charge on any atom is 0.240 e. The van der Waals surface area contributed by atoms with Crippen molar-refractivity contribution in [3.63, 3.8) is 0 Å². The van der Waals surface area contributed by atoms with Crippen LogP contribution in [0.3, 0.4) is 0 Å². The van der Waals surface area contributed by atoms with Gasteiger partial charge in [0, 0.05) is 13.1 Å². The minimum Gasteiger partial charge on any atom is -0.315 e. The van der Waals surface area contributed by atoms with E-state index in [0.29, 0.717) is 13.1 Å². The van der Waals surface area contributed by atoms with E-state index in [0.717, 1.165) is 19.0 Å². The summed E-state index contributed by atoms with van der Waals surface area (Å²) in [5, 5.41) is 3.08. The van der Waals surface area contributed by atoms with Gasteiger partial charge in [-0.3, -0.25) is 0 Å². The Morgan fingerprint density at radius 3 is 2.53 bits per heavy atom. The van der Waals surface area contributed by atoms with Crippen LogP contribution >= 0.6 is 28.3 Å². The molecule has 0 bridgehead atoms. The molecule has 4 nitrogen and oxygen atoms in total. The molecule has 0 aliphatic carbocycles. The van der Waals surface area contributed by atoms with Gasteiger partial charge in [-0.15, -0.1) is 12.4 Å². The van der Waals surface area contributed by atoms with E-state index in [9.17, 15) is 12.8 Å². The summed E-state index contributed by atoms with van der Waals surface area (Å²) in [6.07, 6.45) is 0.998. The molecule has 1 rings (SSSR count). The van der Waals surface area contributed by atoms with Crippen molar-refractivity contribution in [2.75, 3.05) is 19.6 Å². The van der Waals surface area contributed by atoms with Gasteiger partial charge in [-0.2, -0.15) is 0 Å². The molecule has 0 radical (unpaired) electrons. The standard InChI is InChI=1S/C11H16BrFN2O2S.ClH/c1-2-5-14-6-7-15-18(16,17)9-3-4-11(13)10(12)8-9;/h3-4,8,14-15H,2,5-7H2,1H3;1H. The first kappa shape index (κ1) is 18.8. The fraction of sp³-hybridized carbons (Fsp3) is 0.455. The topological polar surface area (TPSA) is 58.2 Å². The summed E-state index contributed by atoms with van der Waals surface area (Å²) < 4.78 is 39.3. The smallest absolute Gasteiger partial charge is 0.240 e. The average Bonchev–Trinajstić information content (AvgIpc) is 2.32. The van der Waals surface area contributed by atoms with Gasteiger partial charge in [-0.05, 0) is 47.1 Å². The minimum absolute atomic E-state index is 0. The third-order valence-corrected chi connectivity index (χ3v) is 4.29. The Kier molecular flexibility index (Phi) is 8.76. The number of nitrogens with one attached hydrogen (secondary N) is 2. The van der Waals surface area contributed by atoms with E-state index in [1.54, 1.807) is 0 Å². The van der Waals surface area contributed by atoms with Crippen LogP contribution in [-0.2, 0) is 10.0 Å². The predicted octanol–water partition coefficient (Wildman–Crippen LogP) is 2.29. The molecule has 110 valence electrons. The van der Waals surface area contributed by atoms with Crippen molar-refractivity contribution in [2.45, 2.75) is 18.2 Å². The predicted molar refractivity (Wildman–Crippen MR) is 79.7 cm³/mol. The van der Waals surface area contributed by atoms with E-state index in [-0.39, 0.29) is 21.8 Å². The normalized spacial score (nSPS) is 11.1. The highest BCUT2D eigenvalue weighted by molar-refractivity contribution is 9.10. The number of hydrogen-bond acceptors (Lipinski definition) is 3. The van der Waals surface area contributed by atoms with Crippen molar-refractivity contribution in [2.24, 2.45) is 0 Å². The third kappa shape index (κ3) is 6.18. The van der Waals surface area contributed by atoms with Crippen LogP contribution in [0.5, 0.6) is 0 Å². The van der Waals surface area contributed by atoms with Crippen LogP contribution in [-0.4, -0.2) is 28.1 Å². The second-order valence-electron chi connectivity index (χ2n) is 3.72. The van der Waals surface area contributed by atoms with Crippen LogP contribution in [0.25, 0.3) is 0 Å². The van der Waals surface area contributed by atoms with Gasteiger partial charge in [0.1, 0.15) is 5.82 Å². The van der Waals surface area contributed by atoms with Crippen molar-refractivity contribution < 1.29 is 12.8 Å². The summed E-state index contributed by atoms with van der Waals surface area (Å²) in [6, 6.07) is 3.60. The molecule has 2 N–H and O–H groups in total. The van der Waals surface area contributed by atoms with Gasteiger partial charge in [-0.1, -0.05) is 6.92 Å². The molecule has 0 saturated heterocycles. The van der Waals surface area contributed by atoms with Crippen LogP contribution < -0.4 is 10.0 Å². The molecule has 1 aromatic rings. The van der Waals surface area contributed by atoms with E-state index < -0.39 is 15.8 Å². The molecule has 19 heavy (non-hydrogen) atoms. The fourth-order valence-corrected chi connectivity index (χ4v) is 2.89. The first-order chi connectivity index (χ1) is 8.47. The number of benzene rings is 1. The lowest BCUT2D eigenvalue weighted by molar-refractivity contribution is 0.574. The Morgan fingerprint density at radius 1 is 1.26 bits per heavy atom. The van der Waals surface area contributed by atoms with Crippen LogP contribution in [0.15, 0.2) is 27.6 Å². The summed E-state index contributed by atoms with van der Waals surface area (Å²) in [6.45, 7) is 3.75. The second-order valence-corrected chi connectivity index (χ2v) is 6.34. The molecule has 1 aromatic carbocycles. The summed E-state index contributed by atoms with van der Waals surface area (Å²) in [5.74, 6) is -0.487. The third-order valence-electron chi connectivity index (χ3n) is 2.22. The van der Waals surface area contributed by atoms with Gasteiger partial charge in [0.05, 0.1) is 9.37 Å². The first-order valence-electron chi connectivity index (χ1n) is 5.63. The van der Waals surface area contributed by atoms with Crippen molar-refractivity contribution in [1.82, 2.24) is 10.0 Å². The number of rotatable bonds is 7. The largest absolute Gasteiger partial charge is 0.315 e. The molecule has 0 atom stereocenters. The van der Waals surface area contributed by atoms with Crippen LogP contribution in [0.2, 0.25) is 0 Å². The average molecular weight is 376 g/mol. The molecule has 0 fully saturated rings. The molecule has 0 aliphatic rings. The molecule has 0 saturated carbocycles. The van der Waals surface area contributed by atoms with Crippen LogP contribution in [0.4, 0.5) is 4.39 Å². The fourth-order valence-electron chi connectivity index (χ4n) is 1.30. The minimum atomic E-state index is -3.57. The molecular formula is C11H17BrClFN2O2S. The van der Waals surface area contributed by atoms with E-state index in [1.807, 2.05) is 6.92 Å². The molecule has 0 aromatic heterocycles. The first-order valence-corrected chi connectivity index (χ1v) is 7.90. The van der Waals surface area contributed by atoms with Gasteiger partial charge < -0.3 is 5.32 Å². The van der Waals surface area contributed by atoms with E-state index in [2.05, 4.69) is 26.0 Å². The Labute approximate surface area is 127 Å². The van der Waals surface area contributed by atoms with Crippen LogP contribution in [0, 0.1) is 5.82 Å². The molecule has 0 unspecified atom stereocenters. The Morgan fingerprint density at radius 2 is 1.95 bits per heavy atom. The molecule has 0 heterocycles. The second kappa shape index (κ2) is 8.86. The zero-order valence-corrected chi connectivity index (χ0v) is 13.7. The number of sulfonamides is 1. The van der Waals surface area contributed by atoms with Gasteiger partial charge in [0.25, 0.3) is 0 Å². The summed E-state index contributed by atoms with van der Waals surface area (Å²) in [5.41, 5.74) is 0. The van der Waals surface area contributed by atoms with E-state index in [4.69, 9.17) is 0 Å². The Hall–Kier alpha value is -0.210. The van der Waals surface area contributed by atoms with Gasteiger partial charge >= 0.3 is 0 Å². The van der Waals surface area contributed by atoms with Crippen molar-refractivity contribution in [1.29, 1.82) is 0 Å². The van der Waals surface area contributed by atoms with Crippen LogP contribution in [0.1, 0.15) is 13.3 Å². The number of hydrogen-bond donors (Lipinski definition) is 2. The summed E-state index contributed by atoms with van der Waals surface area (Å²) in [7, 11) is -3.57. The molecular weight excluding hydrogens is 359 g/mol. The Bertz CT molecular complexity index is 499. The van der Waals surface area contributed by atoms with Crippen molar-refractivity contribution in [3.8, 4) is 0 Å². The van der Waals surface area contributed by atoms with E-state index in [1.165, 1.54) is 12.1 Å². The summed E-state index contributed by atoms with van der Waals surface area (Å²) in [4.78, 5) is 0.0475. The van der Waals surface area contributed by atoms with Gasteiger partial charge in [-0.25, -0.2) is 17.5 Å². The molecule has 0 spiro atoms. The molecule has 8 heteroatoms. The van der Waals surface area contributed by atoms with Gasteiger partial charge in [0.2, 0.25) is 10.0 Å².